The van der Waals surface area contributed by atoms with Crippen molar-refractivity contribution < 1.29 is 0 Å². The maximum absolute atomic E-state index is 3.48. The van der Waals surface area contributed by atoms with E-state index in [9.17, 15) is 0 Å². The Hall–Kier alpha value is -0.0800. The number of hydrogen-bond donors (Lipinski definition) is 1. The second kappa shape index (κ2) is 5.71. The van der Waals surface area contributed by atoms with E-state index in [0.29, 0.717) is 0 Å². The zero-order valence-electron chi connectivity index (χ0n) is 11.2. The molecule has 0 aromatic carbocycles. The number of hydrogen-bond acceptors (Lipinski definition) is 2. The molecule has 2 heterocycles. The summed E-state index contributed by atoms with van der Waals surface area (Å²) in [6.07, 6.45) is 10.4. The van der Waals surface area contributed by atoms with Gasteiger partial charge in [-0.05, 0) is 63.1 Å². The minimum Gasteiger partial charge on any atom is -0.317 e. The van der Waals surface area contributed by atoms with Gasteiger partial charge in [-0.3, -0.25) is 0 Å². The van der Waals surface area contributed by atoms with E-state index in [1.807, 2.05) is 0 Å². The van der Waals surface area contributed by atoms with Crippen molar-refractivity contribution in [2.24, 2.45) is 17.8 Å². The molecule has 3 fully saturated rings. The van der Waals surface area contributed by atoms with Gasteiger partial charge < -0.3 is 10.2 Å². The van der Waals surface area contributed by atoms with Gasteiger partial charge in [0, 0.05) is 13.1 Å². The molecule has 17 heavy (non-hydrogen) atoms. The Kier molecular flexibility index (Phi) is 4.02. The van der Waals surface area contributed by atoms with Gasteiger partial charge in [0.2, 0.25) is 0 Å². The van der Waals surface area contributed by atoms with Crippen LogP contribution in [0.15, 0.2) is 0 Å². The molecule has 1 aliphatic carbocycles. The normalized spacial score (nSPS) is 36.7. The average Bonchev–Trinajstić information content (AvgIpc) is 2.40. The van der Waals surface area contributed by atoms with Gasteiger partial charge in [0.1, 0.15) is 0 Å². The van der Waals surface area contributed by atoms with Gasteiger partial charge in [0.25, 0.3) is 0 Å². The third-order valence-corrected chi connectivity index (χ3v) is 5.35. The first-order chi connectivity index (χ1) is 8.42. The van der Waals surface area contributed by atoms with Crippen LogP contribution in [-0.4, -0.2) is 37.6 Å². The summed E-state index contributed by atoms with van der Waals surface area (Å²) in [4.78, 5) is 2.79. The average molecular weight is 236 g/mol. The van der Waals surface area contributed by atoms with E-state index in [-0.39, 0.29) is 0 Å². The molecule has 2 heteroatoms. The largest absolute Gasteiger partial charge is 0.317 e. The summed E-state index contributed by atoms with van der Waals surface area (Å²) in [7, 11) is 0. The Morgan fingerprint density at radius 3 is 2.47 bits per heavy atom. The van der Waals surface area contributed by atoms with Crippen LogP contribution in [-0.2, 0) is 0 Å². The molecule has 2 aliphatic heterocycles. The van der Waals surface area contributed by atoms with Crippen LogP contribution in [0.4, 0.5) is 0 Å². The molecular weight excluding hydrogens is 208 g/mol. The Labute approximate surface area is 106 Å². The third kappa shape index (κ3) is 3.03. The summed E-state index contributed by atoms with van der Waals surface area (Å²) in [6.45, 7) is 6.72. The van der Waals surface area contributed by atoms with Crippen LogP contribution in [0.25, 0.3) is 0 Å². The molecule has 0 aromatic rings. The first kappa shape index (κ1) is 12.0. The predicted octanol–water partition coefficient (Wildman–Crippen LogP) is 2.50. The lowest BCUT2D eigenvalue weighted by molar-refractivity contribution is 0.0714. The Morgan fingerprint density at radius 2 is 1.65 bits per heavy atom. The zero-order valence-corrected chi connectivity index (χ0v) is 11.2. The van der Waals surface area contributed by atoms with Crippen molar-refractivity contribution in [3.05, 3.63) is 0 Å². The highest BCUT2D eigenvalue weighted by Gasteiger charge is 2.31. The van der Waals surface area contributed by atoms with Crippen LogP contribution >= 0.6 is 0 Å². The van der Waals surface area contributed by atoms with Crippen molar-refractivity contribution >= 4 is 0 Å². The van der Waals surface area contributed by atoms with Crippen molar-refractivity contribution in [2.75, 3.05) is 32.7 Å². The zero-order chi connectivity index (χ0) is 11.5. The molecule has 2 atom stereocenters. The van der Waals surface area contributed by atoms with E-state index >= 15 is 0 Å². The molecule has 0 spiro atoms. The lowest BCUT2D eigenvalue weighted by atomic mass is 9.75. The highest BCUT2D eigenvalue weighted by atomic mass is 15.1. The summed E-state index contributed by atoms with van der Waals surface area (Å²) in [5.74, 6) is 3.13. The van der Waals surface area contributed by atoms with Gasteiger partial charge in [-0.15, -0.1) is 0 Å². The smallest absolute Gasteiger partial charge is 0.00124 e. The number of nitrogens with zero attached hydrogens (tertiary/aromatic N) is 1. The molecule has 0 amide bonds. The van der Waals surface area contributed by atoms with E-state index in [4.69, 9.17) is 0 Å². The van der Waals surface area contributed by atoms with Gasteiger partial charge in [-0.1, -0.05) is 19.3 Å². The van der Waals surface area contributed by atoms with Crippen molar-refractivity contribution in [1.82, 2.24) is 10.2 Å². The van der Waals surface area contributed by atoms with Crippen LogP contribution in [0, 0.1) is 17.8 Å². The predicted molar refractivity (Wildman–Crippen MR) is 72.1 cm³/mol. The fourth-order valence-electron chi connectivity index (χ4n) is 4.27. The maximum atomic E-state index is 3.48. The van der Waals surface area contributed by atoms with E-state index in [2.05, 4.69) is 10.2 Å². The molecule has 0 radical (unpaired) electrons. The van der Waals surface area contributed by atoms with Crippen molar-refractivity contribution in [1.29, 1.82) is 0 Å². The highest BCUT2D eigenvalue weighted by Crippen LogP contribution is 2.36. The minimum absolute atomic E-state index is 0.983. The second-order valence-corrected chi connectivity index (χ2v) is 6.55. The summed E-state index contributed by atoms with van der Waals surface area (Å²) >= 11 is 0. The molecule has 2 nitrogen and oxygen atoms in total. The number of fused-ring (bicyclic) bond motifs is 1. The minimum atomic E-state index is 0.983. The van der Waals surface area contributed by atoms with E-state index in [1.165, 1.54) is 77.7 Å². The standard InChI is InChI=1S/C15H28N2/c1-2-4-15-12-17(10-7-14(15)3-1)11-13-5-8-16-9-6-13/h13-16H,1-12H2/t14-,15-/m0/s1. The summed E-state index contributed by atoms with van der Waals surface area (Å²) in [5.41, 5.74) is 0. The van der Waals surface area contributed by atoms with E-state index in [0.717, 1.165) is 17.8 Å². The van der Waals surface area contributed by atoms with E-state index in [1.54, 1.807) is 0 Å². The van der Waals surface area contributed by atoms with Crippen LogP contribution in [0.1, 0.15) is 44.9 Å². The van der Waals surface area contributed by atoms with Gasteiger partial charge in [-0.2, -0.15) is 0 Å². The second-order valence-electron chi connectivity index (χ2n) is 6.55. The van der Waals surface area contributed by atoms with Gasteiger partial charge in [-0.25, -0.2) is 0 Å². The molecule has 0 bridgehead atoms. The summed E-state index contributed by atoms with van der Waals surface area (Å²) < 4.78 is 0. The van der Waals surface area contributed by atoms with Crippen LogP contribution in [0.5, 0.6) is 0 Å². The van der Waals surface area contributed by atoms with Crippen molar-refractivity contribution in [2.45, 2.75) is 44.9 Å². The molecule has 2 saturated heterocycles. The molecular formula is C15H28N2. The fraction of sp³-hybridized carbons (Fsp3) is 1.00. The fourth-order valence-corrected chi connectivity index (χ4v) is 4.27. The molecule has 0 unspecified atom stereocenters. The highest BCUT2D eigenvalue weighted by molar-refractivity contribution is 4.84. The number of piperidine rings is 2. The SMILES string of the molecule is C1CC[C@H]2CN(CC3CCNCC3)CC[C@@H]2C1. The maximum Gasteiger partial charge on any atom is 0.00124 e. The van der Waals surface area contributed by atoms with Crippen molar-refractivity contribution in [3.63, 3.8) is 0 Å². The molecule has 98 valence electrons. The third-order valence-electron chi connectivity index (χ3n) is 5.35. The summed E-state index contributed by atoms with van der Waals surface area (Å²) in [5, 5.41) is 3.48. The topological polar surface area (TPSA) is 15.3 Å². The van der Waals surface area contributed by atoms with E-state index < -0.39 is 0 Å². The monoisotopic (exact) mass is 236 g/mol. The lowest BCUT2D eigenvalue weighted by Crippen LogP contribution is -2.45. The first-order valence-electron chi connectivity index (χ1n) is 7.85. The lowest BCUT2D eigenvalue weighted by Gasteiger charge is -2.42. The molecule has 0 aromatic heterocycles. The van der Waals surface area contributed by atoms with Gasteiger partial charge >= 0.3 is 0 Å². The number of nitrogens with one attached hydrogen (secondary N) is 1. The molecule has 3 rings (SSSR count). The van der Waals surface area contributed by atoms with Gasteiger partial charge in [0.05, 0.1) is 0 Å². The van der Waals surface area contributed by atoms with Crippen LogP contribution in [0.3, 0.4) is 0 Å². The number of likely N-dealkylation sites (tertiary alicyclic amines) is 1. The summed E-state index contributed by atoms with van der Waals surface area (Å²) in [6, 6.07) is 0. The quantitative estimate of drug-likeness (QED) is 0.792. The number of rotatable bonds is 2. The van der Waals surface area contributed by atoms with Crippen molar-refractivity contribution in [3.8, 4) is 0 Å². The Bertz CT molecular complexity index is 233. The molecule has 3 aliphatic rings. The molecule has 1 N–H and O–H groups in total. The Morgan fingerprint density at radius 1 is 0.882 bits per heavy atom. The molecule has 1 saturated carbocycles. The first-order valence-corrected chi connectivity index (χ1v) is 7.85. The van der Waals surface area contributed by atoms with Gasteiger partial charge in [0.15, 0.2) is 0 Å². The Balaban J connectivity index is 1.48. The van der Waals surface area contributed by atoms with Crippen LogP contribution < -0.4 is 5.32 Å². The van der Waals surface area contributed by atoms with Crippen LogP contribution in [0.2, 0.25) is 0 Å².